The molecule has 12 heavy (non-hydrogen) atoms. The van der Waals surface area contributed by atoms with E-state index in [2.05, 4.69) is 13.0 Å². The van der Waals surface area contributed by atoms with Crippen molar-refractivity contribution in [2.24, 2.45) is 5.92 Å². The first-order chi connectivity index (χ1) is 5.61. The van der Waals surface area contributed by atoms with Crippen LogP contribution in [0.25, 0.3) is 0 Å². The Hall–Kier alpha value is -1.05. The first kappa shape index (κ1) is 9.04. The maximum absolute atomic E-state index is 11.4. The first-order valence-electron chi connectivity index (χ1n) is 4.21. The molecular formula is C10H15NO. The van der Waals surface area contributed by atoms with Gasteiger partial charge in [0.15, 0.2) is 0 Å². The number of hydrogen-bond donors (Lipinski definition) is 0. The van der Waals surface area contributed by atoms with Crippen LogP contribution in [0.5, 0.6) is 0 Å². The molecule has 0 aromatic heterocycles. The second-order valence-electron chi connectivity index (χ2n) is 3.43. The van der Waals surface area contributed by atoms with Crippen molar-refractivity contribution in [3.63, 3.8) is 0 Å². The molecule has 0 N–H and O–H groups in total. The van der Waals surface area contributed by atoms with E-state index in [1.807, 2.05) is 12.2 Å². The van der Waals surface area contributed by atoms with Gasteiger partial charge in [-0.15, -0.1) is 0 Å². The van der Waals surface area contributed by atoms with E-state index in [-0.39, 0.29) is 5.91 Å². The molecular weight excluding hydrogens is 150 g/mol. The van der Waals surface area contributed by atoms with E-state index >= 15 is 0 Å². The number of carbonyl (C=O) groups is 1. The molecule has 1 aliphatic carbocycles. The average molecular weight is 165 g/mol. The summed E-state index contributed by atoms with van der Waals surface area (Å²) in [7, 11) is 3.55. The lowest BCUT2D eigenvalue weighted by Gasteiger charge is -2.15. The van der Waals surface area contributed by atoms with Gasteiger partial charge in [0.2, 0.25) is 0 Å². The fourth-order valence-electron chi connectivity index (χ4n) is 1.14. The molecule has 66 valence electrons. The van der Waals surface area contributed by atoms with Gasteiger partial charge < -0.3 is 4.90 Å². The van der Waals surface area contributed by atoms with E-state index in [1.165, 1.54) is 0 Å². The zero-order valence-corrected chi connectivity index (χ0v) is 7.87. The second kappa shape index (κ2) is 3.57. The Morgan fingerprint density at radius 2 is 2.25 bits per heavy atom. The van der Waals surface area contributed by atoms with Crippen LogP contribution in [0.3, 0.4) is 0 Å². The summed E-state index contributed by atoms with van der Waals surface area (Å²) in [5.41, 5.74) is 0.818. The highest BCUT2D eigenvalue weighted by Gasteiger charge is 2.11. The number of carbonyl (C=O) groups excluding carboxylic acids is 1. The number of nitrogens with zero attached hydrogens (tertiary/aromatic N) is 1. The standard InChI is InChI=1S/C10H15NO/c1-8-4-6-9(7-5-8)10(12)11(2)3/h4,6-8H,5H2,1-3H3. The van der Waals surface area contributed by atoms with E-state index in [9.17, 15) is 4.79 Å². The third kappa shape index (κ3) is 1.97. The fraction of sp³-hybridized carbons (Fsp3) is 0.500. The minimum Gasteiger partial charge on any atom is -0.345 e. The van der Waals surface area contributed by atoms with E-state index in [0.717, 1.165) is 12.0 Å². The topological polar surface area (TPSA) is 20.3 Å². The molecule has 0 bridgehead atoms. The molecule has 0 aliphatic heterocycles. The molecule has 0 fully saturated rings. The van der Waals surface area contributed by atoms with Crippen molar-refractivity contribution >= 4 is 5.91 Å². The van der Waals surface area contributed by atoms with Crippen LogP contribution in [-0.4, -0.2) is 24.9 Å². The molecule has 0 radical (unpaired) electrons. The van der Waals surface area contributed by atoms with E-state index in [4.69, 9.17) is 0 Å². The molecule has 0 saturated carbocycles. The Morgan fingerprint density at radius 3 is 2.67 bits per heavy atom. The highest BCUT2D eigenvalue weighted by atomic mass is 16.2. The van der Waals surface area contributed by atoms with Gasteiger partial charge in [0.05, 0.1) is 0 Å². The molecule has 1 aliphatic rings. The molecule has 0 heterocycles. The van der Waals surface area contributed by atoms with Crippen LogP contribution in [0, 0.1) is 5.92 Å². The van der Waals surface area contributed by atoms with Crippen LogP contribution >= 0.6 is 0 Å². The Labute approximate surface area is 73.6 Å². The van der Waals surface area contributed by atoms with Crippen LogP contribution < -0.4 is 0 Å². The van der Waals surface area contributed by atoms with Gasteiger partial charge >= 0.3 is 0 Å². The molecule has 2 heteroatoms. The molecule has 0 aromatic rings. The van der Waals surface area contributed by atoms with Crippen molar-refractivity contribution in [3.8, 4) is 0 Å². The third-order valence-corrected chi connectivity index (χ3v) is 1.97. The number of likely N-dealkylation sites (N-methyl/N-ethyl adjacent to an activating group) is 1. The maximum Gasteiger partial charge on any atom is 0.252 e. The quantitative estimate of drug-likeness (QED) is 0.578. The molecule has 0 spiro atoms. The van der Waals surface area contributed by atoms with Gasteiger partial charge in [0.25, 0.3) is 5.91 Å². The lowest BCUT2D eigenvalue weighted by molar-refractivity contribution is -0.124. The number of amides is 1. The highest BCUT2D eigenvalue weighted by Crippen LogP contribution is 2.16. The normalized spacial score (nSPS) is 21.9. The van der Waals surface area contributed by atoms with Crippen LogP contribution in [0.2, 0.25) is 0 Å². The van der Waals surface area contributed by atoms with Crippen LogP contribution in [0.4, 0.5) is 0 Å². The molecule has 1 amide bonds. The summed E-state index contributed by atoms with van der Waals surface area (Å²) in [5.74, 6) is 0.668. The largest absolute Gasteiger partial charge is 0.345 e. The Bertz CT molecular complexity index is 238. The summed E-state index contributed by atoms with van der Waals surface area (Å²) in [4.78, 5) is 13.0. The van der Waals surface area contributed by atoms with Crippen LogP contribution in [0.15, 0.2) is 23.8 Å². The Kier molecular flexibility index (Phi) is 2.69. The van der Waals surface area contributed by atoms with Crippen LogP contribution in [0.1, 0.15) is 13.3 Å². The van der Waals surface area contributed by atoms with Gasteiger partial charge in [-0.3, -0.25) is 4.79 Å². The Balaban J connectivity index is 2.67. The van der Waals surface area contributed by atoms with E-state index in [0.29, 0.717) is 5.92 Å². The molecule has 0 aromatic carbocycles. The van der Waals surface area contributed by atoms with Crippen molar-refractivity contribution < 1.29 is 4.79 Å². The van der Waals surface area contributed by atoms with Crippen LogP contribution in [-0.2, 0) is 4.79 Å². The van der Waals surface area contributed by atoms with Crippen molar-refractivity contribution in [3.05, 3.63) is 23.8 Å². The number of hydrogen-bond acceptors (Lipinski definition) is 1. The number of allylic oxidation sites excluding steroid dienone is 2. The minimum atomic E-state index is 0.0955. The lowest BCUT2D eigenvalue weighted by atomic mass is 9.98. The van der Waals surface area contributed by atoms with E-state index < -0.39 is 0 Å². The van der Waals surface area contributed by atoms with Gasteiger partial charge in [-0.25, -0.2) is 0 Å². The lowest BCUT2D eigenvalue weighted by Crippen LogP contribution is -2.23. The van der Waals surface area contributed by atoms with Gasteiger partial charge in [-0.2, -0.15) is 0 Å². The molecule has 2 nitrogen and oxygen atoms in total. The average Bonchev–Trinajstić information content (AvgIpc) is 2.04. The van der Waals surface area contributed by atoms with Gasteiger partial charge in [-0.1, -0.05) is 25.2 Å². The van der Waals surface area contributed by atoms with Crippen molar-refractivity contribution in [2.75, 3.05) is 14.1 Å². The molecule has 1 unspecified atom stereocenters. The SMILES string of the molecule is CC1C=CC(C(=O)N(C)C)=CC1. The summed E-state index contributed by atoms with van der Waals surface area (Å²) in [6.07, 6.45) is 6.98. The van der Waals surface area contributed by atoms with Crippen molar-refractivity contribution in [1.82, 2.24) is 4.90 Å². The minimum absolute atomic E-state index is 0.0955. The zero-order chi connectivity index (χ0) is 9.14. The van der Waals surface area contributed by atoms with E-state index in [1.54, 1.807) is 19.0 Å². The zero-order valence-electron chi connectivity index (χ0n) is 7.87. The van der Waals surface area contributed by atoms with Gasteiger partial charge in [0, 0.05) is 19.7 Å². The first-order valence-corrected chi connectivity index (χ1v) is 4.21. The highest BCUT2D eigenvalue weighted by molar-refractivity contribution is 5.96. The smallest absolute Gasteiger partial charge is 0.252 e. The van der Waals surface area contributed by atoms with Crippen molar-refractivity contribution in [1.29, 1.82) is 0 Å². The summed E-state index contributed by atoms with van der Waals surface area (Å²) in [5, 5.41) is 0. The van der Waals surface area contributed by atoms with Gasteiger partial charge in [-0.05, 0) is 12.3 Å². The summed E-state index contributed by atoms with van der Waals surface area (Å²) in [6.45, 7) is 2.14. The summed E-state index contributed by atoms with van der Waals surface area (Å²) in [6, 6.07) is 0. The maximum atomic E-state index is 11.4. The van der Waals surface area contributed by atoms with Crippen molar-refractivity contribution in [2.45, 2.75) is 13.3 Å². The predicted octanol–water partition coefficient (Wildman–Crippen LogP) is 1.60. The Morgan fingerprint density at radius 1 is 1.58 bits per heavy atom. The molecule has 1 atom stereocenters. The summed E-state index contributed by atoms with van der Waals surface area (Å²) < 4.78 is 0. The number of rotatable bonds is 1. The molecule has 1 rings (SSSR count). The third-order valence-electron chi connectivity index (χ3n) is 1.97. The fourth-order valence-corrected chi connectivity index (χ4v) is 1.14. The summed E-state index contributed by atoms with van der Waals surface area (Å²) >= 11 is 0. The second-order valence-corrected chi connectivity index (χ2v) is 3.43. The monoisotopic (exact) mass is 165 g/mol. The predicted molar refractivity (Wildman–Crippen MR) is 49.7 cm³/mol. The molecule has 0 saturated heterocycles. The van der Waals surface area contributed by atoms with Gasteiger partial charge in [0.1, 0.15) is 0 Å².